The van der Waals surface area contributed by atoms with Gasteiger partial charge in [0.1, 0.15) is 11.2 Å². The van der Waals surface area contributed by atoms with Crippen molar-refractivity contribution < 1.29 is 4.42 Å². The maximum atomic E-state index is 6.37. The predicted octanol–water partition coefficient (Wildman–Crippen LogP) is 14.6. The van der Waals surface area contributed by atoms with Gasteiger partial charge in [0.25, 0.3) is 0 Å². The third-order valence-corrected chi connectivity index (χ3v) is 12.4. The topological polar surface area (TPSA) is 61.7 Å². The molecule has 294 valence electrons. The molecule has 0 atom stereocenters. The van der Waals surface area contributed by atoms with Crippen LogP contribution < -0.4 is 0 Å². The summed E-state index contributed by atoms with van der Waals surface area (Å²) in [7, 11) is 0. The van der Waals surface area contributed by atoms with Gasteiger partial charge in [-0.15, -0.1) is 0 Å². The second kappa shape index (κ2) is 14.0. The van der Waals surface area contributed by atoms with Crippen molar-refractivity contribution in [2.75, 3.05) is 0 Å². The molecule has 0 amide bonds. The van der Waals surface area contributed by atoms with Crippen LogP contribution in [0.15, 0.2) is 217 Å². The summed E-state index contributed by atoms with van der Waals surface area (Å²) in [6.07, 6.45) is 0. The fourth-order valence-corrected chi connectivity index (χ4v) is 9.43. The smallest absolute Gasteiger partial charge is 0.238 e. The van der Waals surface area contributed by atoms with E-state index in [0.717, 1.165) is 82.8 Å². The normalized spacial score (nSPS) is 11.8. The number of hydrogen-bond donors (Lipinski definition) is 0. The zero-order chi connectivity index (χ0) is 41.4. The maximum absolute atomic E-state index is 6.37. The molecule has 13 aromatic rings. The van der Waals surface area contributed by atoms with Gasteiger partial charge in [0.2, 0.25) is 5.95 Å². The number of para-hydroxylation sites is 4. The van der Waals surface area contributed by atoms with Crippen molar-refractivity contribution in [1.82, 2.24) is 24.1 Å². The quantitative estimate of drug-likeness (QED) is 0.168. The Kier molecular flexibility index (Phi) is 7.80. The fourth-order valence-electron chi connectivity index (χ4n) is 9.43. The fraction of sp³-hybridized carbons (Fsp3) is 0. The molecule has 6 nitrogen and oxygen atoms in total. The van der Waals surface area contributed by atoms with Gasteiger partial charge in [0, 0.05) is 49.1 Å². The standard InChI is InChI=1S/C57H35N5O/c1-3-14-36(15-4-1)38-28-31-51-48(33-38)44-21-8-11-24-50(44)62(51)57-59-55(58-56(60-57)41-27-30-47-46-22-9-12-25-53(46)63-54(47)35-41)40-17-13-16-37(32-40)39-26-29-45-43-20-7-10-23-49(43)61(52(45)34-39)42-18-5-2-6-19-42/h1-35H. The molecule has 0 saturated carbocycles. The lowest BCUT2D eigenvalue weighted by molar-refractivity contribution is 0.669. The van der Waals surface area contributed by atoms with Gasteiger partial charge >= 0.3 is 0 Å². The number of nitrogens with zero attached hydrogens (tertiary/aromatic N) is 5. The van der Waals surface area contributed by atoms with Crippen molar-refractivity contribution >= 4 is 65.6 Å². The molecule has 0 unspecified atom stereocenters. The van der Waals surface area contributed by atoms with Crippen molar-refractivity contribution in [1.29, 1.82) is 0 Å². The number of rotatable bonds is 6. The number of benzene rings is 9. The van der Waals surface area contributed by atoms with Crippen molar-refractivity contribution in [3.63, 3.8) is 0 Å². The van der Waals surface area contributed by atoms with E-state index in [2.05, 4.69) is 197 Å². The van der Waals surface area contributed by atoms with Crippen LogP contribution in [0.25, 0.3) is 122 Å². The summed E-state index contributed by atoms with van der Waals surface area (Å²) in [5, 5.41) is 6.83. The average Bonchev–Trinajstić information content (AvgIpc) is 4.01. The van der Waals surface area contributed by atoms with E-state index in [1.165, 1.54) is 21.9 Å². The molecule has 0 aliphatic rings. The molecule has 0 fully saturated rings. The number of aromatic nitrogens is 5. The molecule has 0 saturated heterocycles. The van der Waals surface area contributed by atoms with E-state index in [-0.39, 0.29) is 0 Å². The van der Waals surface area contributed by atoms with Crippen LogP contribution in [-0.4, -0.2) is 24.1 Å². The zero-order valence-electron chi connectivity index (χ0n) is 33.9. The average molecular weight is 806 g/mol. The van der Waals surface area contributed by atoms with Gasteiger partial charge in [0.05, 0.1) is 22.1 Å². The minimum atomic E-state index is 0.539. The minimum absolute atomic E-state index is 0.539. The summed E-state index contributed by atoms with van der Waals surface area (Å²) in [6, 6.07) is 74.6. The second-order valence-electron chi connectivity index (χ2n) is 16.0. The Balaban J connectivity index is 1.01. The highest BCUT2D eigenvalue weighted by Gasteiger charge is 2.20. The van der Waals surface area contributed by atoms with Crippen LogP contribution in [0.1, 0.15) is 0 Å². The molecule has 6 heteroatoms. The Morgan fingerprint density at radius 2 is 0.810 bits per heavy atom. The molecule has 0 N–H and O–H groups in total. The summed E-state index contributed by atoms with van der Waals surface area (Å²) in [4.78, 5) is 15.9. The van der Waals surface area contributed by atoms with E-state index in [4.69, 9.17) is 19.4 Å². The highest BCUT2D eigenvalue weighted by Crippen LogP contribution is 2.38. The van der Waals surface area contributed by atoms with Crippen molar-refractivity contribution in [3.8, 4) is 56.7 Å². The van der Waals surface area contributed by atoms with Gasteiger partial charge < -0.3 is 8.98 Å². The van der Waals surface area contributed by atoms with Gasteiger partial charge in [-0.1, -0.05) is 146 Å². The molecule has 0 aliphatic heterocycles. The Labute approximate surface area is 361 Å². The van der Waals surface area contributed by atoms with Crippen LogP contribution >= 0.6 is 0 Å². The van der Waals surface area contributed by atoms with Crippen molar-refractivity contribution in [2.45, 2.75) is 0 Å². The first-order valence-electron chi connectivity index (χ1n) is 21.2. The van der Waals surface area contributed by atoms with E-state index in [1.54, 1.807) is 0 Å². The van der Waals surface area contributed by atoms with E-state index >= 15 is 0 Å². The number of fused-ring (bicyclic) bond motifs is 9. The highest BCUT2D eigenvalue weighted by molar-refractivity contribution is 6.11. The molecule has 9 aromatic carbocycles. The molecule has 4 aromatic heterocycles. The summed E-state index contributed by atoms with van der Waals surface area (Å²) in [6.45, 7) is 0. The van der Waals surface area contributed by atoms with Crippen LogP contribution in [0.3, 0.4) is 0 Å². The van der Waals surface area contributed by atoms with Crippen LogP contribution in [0, 0.1) is 0 Å². The van der Waals surface area contributed by atoms with Gasteiger partial charge in [-0.3, -0.25) is 4.57 Å². The SMILES string of the molecule is c1ccc(-c2ccc3c(c2)c2ccccc2n3-c2nc(-c3cccc(-c4ccc5c6ccccc6n(-c6ccccc6)c5c4)c3)nc(-c3ccc4c(c3)oc3ccccc34)n2)cc1. The summed E-state index contributed by atoms with van der Waals surface area (Å²) < 4.78 is 10.9. The lowest BCUT2D eigenvalue weighted by Crippen LogP contribution is -2.06. The lowest BCUT2D eigenvalue weighted by atomic mass is 10.0. The van der Waals surface area contributed by atoms with Crippen molar-refractivity contribution in [2.24, 2.45) is 0 Å². The highest BCUT2D eigenvalue weighted by atomic mass is 16.3. The Hall–Kier alpha value is -8.61. The first-order valence-corrected chi connectivity index (χ1v) is 21.2. The van der Waals surface area contributed by atoms with E-state index in [1.807, 2.05) is 24.3 Å². The molecule has 4 heterocycles. The lowest BCUT2D eigenvalue weighted by Gasteiger charge is -2.12. The first-order chi connectivity index (χ1) is 31.2. The monoisotopic (exact) mass is 805 g/mol. The van der Waals surface area contributed by atoms with Gasteiger partial charge in [-0.2, -0.15) is 9.97 Å². The third kappa shape index (κ3) is 5.69. The van der Waals surface area contributed by atoms with Gasteiger partial charge in [-0.05, 0) is 89.0 Å². The first kappa shape index (κ1) is 35.2. The van der Waals surface area contributed by atoms with Crippen LogP contribution in [0.4, 0.5) is 0 Å². The summed E-state index contributed by atoms with van der Waals surface area (Å²) >= 11 is 0. The maximum Gasteiger partial charge on any atom is 0.238 e. The number of hydrogen-bond acceptors (Lipinski definition) is 4. The summed E-state index contributed by atoms with van der Waals surface area (Å²) in [5.41, 5.74) is 13.3. The molecule has 0 bridgehead atoms. The van der Waals surface area contributed by atoms with Gasteiger partial charge in [0.15, 0.2) is 11.6 Å². The minimum Gasteiger partial charge on any atom is -0.456 e. The van der Waals surface area contributed by atoms with Crippen LogP contribution in [0.5, 0.6) is 0 Å². The molecule has 0 radical (unpaired) electrons. The number of furan rings is 1. The van der Waals surface area contributed by atoms with E-state index in [9.17, 15) is 0 Å². The predicted molar refractivity (Wildman–Crippen MR) is 258 cm³/mol. The molecule has 13 rings (SSSR count). The molecular formula is C57H35N5O. The van der Waals surface area contributed by atoms with Gasteiger partial charge in [-0.25, -0.2) is 4.98 Å². The molecule has 0 aliphatic carbocycles. The second-order valence-corrected chi connectivity index (χ2v) is 16.0. The third-order valence-electron chi connectivity index (χ3n) is 12.4. The Bertz CT molecular complexity index is 3920. The van der Waals surface area contributed by atoms with Crippen molar-refractivity contribution in [3.05, 3.63) is 212 Å². The largest absolute Gasteiger partial charge is 0.456 e. The van der Waals surface area contributed by atoms with Crippen LogP contribution in [-0.2, 0) is 0 Å². The Morgan fingerprint density at radius 3 is 1.62 bits per heavy atom. The van der Waals surface area contributed by atoms with E-state index < -0.39 is 0 Å². The Morgan fingerprint density at radius 1 is 0.286 bits per heavy atom. The molecule has 63 heavy (non-hydrogen) atoms. The van der Waals surface area contributed by atoms with E-state index in [0.29, 0.717) is 17.6 Å². The summed E-state index contributed by atoms with van der Waals surface area (Å²) in [5.74, 6) is 1.67. The molecule has 0 spiro atoms. The molecular weight excluding hydrogens is 771 g/mol. The zero-order valence-corrected chi connectivity index (χ0v) is 33.9. The van der Waals surface area contributed by atoms with Crippen LogP contribution in [0.2, 0.25) is 0 Å².